The van der Waals surface area contributed by atoms with Gasteiger partial charge in [0.05, 0.1) is 35.7 Å². The molecule has 5 rings (SSSR count). The van der Waals surface area contributed by atoms with Crippen LogP contribution in [0.15, 0.2) is 58.7 Å². The predicted molar refractivity (Wildman–Crippen MR) is 138 cm³/mol. The van der Waals surface area contributed by atoms with Crippen LogP contribution in [-0.2, 0) is 22.1 Å². The molecule has 0 amide bonds. The number of nitrogens with one attached hydrogen (secondary N) is 2. The van der Waals surface area contributed by atoms with Crippen LogP contribution in [0.1, 0.15) is 22.9 Å². The van der Waals surface area contributed by atoms with Crippen molar-refractivity contribution in [3.05, 3.63) is 76.1 Å². The first-order valence-corrected chi connectivity index (χ1v) is 13.3. The van der Waals surface area contributed by atoms with Crippen molar-refractivity contribution in [2.24, 2.45) is 0 Å². The number of benzene rings is 1. The molecular formula is C25H21F3N8O3S. The Morgan fingerprint density at radius 3 is 2.67 bits per heavy atom. The van der Waals surface area contributed by atoms with E-state index >= 15 is 0 Å². The number of ether oxygens (including phenoxy) is 1. The van der Waals surface area contributed by atoms with E-state index < -0.39 is 39.9 Å². The van der Waals surface area contributed by atoms with E-state index in [-0.39, 0.29) is 29.0 Å². The number of pyridine rings is 1. The third-order valence-corrected chi connectivity index (χ3v) is 7.33. The molecule has 2 unspecified atom stereocenters. The number of nitriles is 1. The standard InChI is InChI=1S/C25H21F3N8O3S/c26-25(27,28)14-40(38)22-19(31-5-6-32-22)13-36-21-17(9-16(10-29)23(36)37)11-33-24(35-21)34-18-3-1-15(2-4-18)20-12-30-7-8-39-20/h1-6,9,11,20,30H,7-8,12-14H2,(H,33,34,35). The fourth-order valence-electron chi connectivity index (χ4n) is 4.16. The third kappa shape index (κ3) is 6.14. The minimum absolute atomic E-state index is 0.0556. The van der Waals surface area contributed by atoms with E-state index in [1.54, 1.807) is 6.07 Å². The molecule has 0 spiro atoms. The minimum atomic E-state index is -4.70. The Bertz CT molecular complexity index is 1670. The molecule has 2 atom stereocenters. The highest BCUT2D eigenvalue weighted by molar-refractivity contribution is 7.85. The molecule has 4 aromatic rings. The second-order valence-electron chi connectivity index (χ2n) is 8.76. The first-order valence-electron chi connectivity index (χ1n) is 12.0. The molecule has 0 aliphatic carbocycles. The summed E-state index contributed by atoms with van der Waals surface area (Å²) in [6.07, 6.45) is -1.01. The Hall–Kier alpha value is -4.26. The molecule has 0 bridgehead atoms. The van der Waals surface area contributed by atoms with Gasteiger partial charge in [-0.2, -0.15) is 23.4 Å². The number of alkyl halides is 3. The van der Waals surface area contributed by atoms with Crippen LogP contribution in [0.25, 0.3) is 11.0 Å². The fraction of sp³-hybridized carbons (Fsp3) is 0.280. The molecule has 0 radical (unpaired) electrons. The van der Waals surface area contributed by atoms with Crippen molar-refractivity contribution in [3.8, 4) is 6.07 Å². The van der Waals surface area contributed by atoms with Gasteiger partial charge in [0, 0.05) is 42.8 Å². The van der Waals surface area contributed by atoms with E-state index in [0.717, 1.165) is 22.9 Å². The molecule has 1 aliphatic rings. The SMILES string of the molecule is N#Cc1cc2cnc(Nc3ccc(C4CNCCO4)cc3)nc2n(Cc2nccnc2S(=O)CC(F)(F)F)c1=O. The van der Waals surface area contributed by atoms with Crippen LogP contribution in [0.2, 0.25) is 0 Å². The van der Waals surface area contributed by atoms with Gasteiger partial charge in [-0.3, -0.25) is 18.6 Å². The second kappa shape index (κ2) is 11.5. The highest BCUT2D eigenvalue weighted by Gasteiger charge is 2.32. The van der Waals surface area contributed by atoms with E-state index in [2.05, 4.69) is 30.6 Å². The molecule has 206 valence electrons. The van der Waals surface area contributed by atoms with Crippen LogP contribution < -0.4 is 16.2 Å². The number of morpholine rings is 1. The molecule has 11 nitrogen and oxygen atoms in total. The van der Waals surface area contributed by atoms with Gasteiger partial charge in [-0.15, -0.1) is 0 Å². The van der Waals surface area contributed by atoms with Gasteiger partial charge in [-0.05, 0) is 23.8 Å². The van der Waals surface area contributed by atoms with Crippen molar-refractivity contribution >= 4 is 33.5 Å². The average Bonchev–Trinajstić information content (AvgIpc) is 2.95. The number of anilines is 2. The first-order chi connectivity index (χ1) is 19.2. The summed E-state index contributed by atoms with van der Waals surface area (Å²) in [7, 11) is -2.56. The number of fused-ring (bicyclic) bond motifs is 1. The molecule has 1 fully saturated rings. The Balaban J connectivity index is 1.48. The number of rotatable bonds is 7. The molecule has 1 saturated heterocycles. The zero-order valence-electron chi connectivity index (χ0n) is 20.7. The summed E-state index contributed by atoms with van der Waals surface area (Å²) in [6, 6.07) is 10.6. The number of halogens is 3. The van der Waals surface area contributed by atoms with Crippen molar-refractivity contribution in [1.82, 2.24) is 29.8 Å². The molecule has 1 aromatic carbocycles. The van der Waals surface area contributed by atoms with Crippen molar-refractivity contribution in [2.75, 3.05) is 30.8 Å². The first kappa shape index (κ1) is 27.3. The number of nitrogens with zero attached hydrogens (tertiary/aromatic N) is 6. The molecule has 15 heteroatoms. The van der Waals surface area contributed by atoms with Gasteiger partial charge < -0.3 is 15.4 Å². The fourth-order valence-corrected chi connectivity index (χ4v) is 5.15. The lowest BCUT2D eigenvalue weighted by atomic mass is 10.1. The van der Waals surface area contributed by atoms with Gasteiger partial charge >= 0.3 is 6.18 Å². The quantitative estimate of drug-likeness (QED) is 0.340. The normalized spacial score (nSPS) is 16.4. The molecule has 0 saturated carbocycles. The van der Waals surface area contributed by atoms with Crippen LogP contribution in [0.3, 0.4) is 0 Å². The van der Waals surface area contributed by atoms with Crippen molar-refractivity contribution < 1.29 is 22.1 Å². The van der Waals surface area contributed by atoms with Crippen molar-refractivity contribution in [2.45, 2.75) is 23.9 Å². The highest BCUT2D eigenvalue weighted by Crippen LogP contribution is 2.24. The monoisotopic (exact) mass is 570 g/mol. The van der Waals surface area contributed by atoms with Gasteiger partial charge in [0.1, 0.15) is 23.0 Å². The van der Waals surface area contributed by atoms with E-state index in [0.29, 0.717) is 24.2 Å². The molecule has 3 aromatic heterocycles. The van der Waals surface area contributed by atoms with E-state index in [1.165, 1.54) is 18.5 Å². The van der Waals surface area contributed by atoms with Gasteiger partial charge in [0.15, 0.2) is 5.03 Å². The molecule has 1 aliphatic heterocycles. The van der Waals surface area contributed by atoms with Crippen molar-refractivity contribution in [1.29, 1.82) is 5.26 Å². The van der Waals surface area contributed by atoms with Gasteiger partial charge in [0.25, 0.3) is 5.56 Å². The highest BCUT2D eigenvalue weighted by atomic mass is 32.2. The second-order valence-corrected chi connectivity index (χ2v) is 10.1. The van der Waals surface area contributed by atoms with Crippen LogP contribution in [0.4, 0.5) is 24.8 Å². The molecule has 4 heterocycles. The van der Waals surface area contributed by atoms with Crippen molar-refractivity contribution in [3.63, 3.8) is 0 Å². The molecule has 40 heavy (non-hydrogen) atoms. The lowest BCUT2D eigenvalue weighted by molar-refractivity contribution is -0.105. The smallest absolute Gasteiger partial charge is 0.371 e. The molecular weight excluding hydrogens is 549 g/mol. The summed E-state index contributed by atoms with van der Waals surface area (Å²) in [5, 5.41) is 15.7. The maximum atomic E-state index is 13.1. The lowest BCUT2D eigenvalue weighted by Crippen LogP contribution is -2.33. The summed E-state index contributed by atoms with van der Waals surface area (Å²) in [6.45, 7) is 1.72. The summed E-state index contributed by atoms with van der Waals surface area (Å²) < 4.78 is 58.0. The Labute approximate surface area is 227 Å². The lowest BCUT2D eigenvalue weighted by Gasteiger charge is -2.24. The third-order valence-electron chi connectivity index (χ3n) is 5.97. The summed E-state index contributed by atoms with van der Waals surface area (Å²) in [5.74, 6) is -1.49. The van der Waals surface area contributed by atoms with Gasteiger partial charge in [-0.1, -0.05) is 12.1 Å². The predicted octanol–water partition coefficient (Wildman–Crippen LogP) is 2.58. The number of aromatic nitrogens is 5. The molecule has 2 N–H and O–H groups in total. The maximum Gasteiger partial charge on any atom is 0.400 e. The zero-order chi connectivity index (χ0) is 28.3. The van der Waals surface area contributed by atoms with Crippen LogP contribution in [0, 0.1) is 11.3 Å². The number of hydrogen-bond donors (Lipinski definition) is 2. The van der Waals surface area contributed by atoms with E-state index in [9.17, 15) is 27.4 Å². The van der Waals surface area contributed by atoms with E-state index in [1.807, 2.05) is 24.3 Å². The van der Waals surface area contributed by atoms with Crippen LogP contribution >= 0.6 is 0 Å². The Kier molecular flexibility index (Phi) is 7.83. The van der Waals surface area contributed by atoms with Gasteiger partial charge in [-0.25, -0.2) is 9.97 Å². The summed E-state index contributed by atoms with van der Waals surface area (Å²) in [4.78, 5) is 29.7. The zero-order valence-corrected chi connectivity index (χ0v) is 21.5. The minimum Gasteiger partial charge on any atom is -0.371 e. The van der Waals surface area contributed by atoms with Crippen LogP contribution in [0.5, 0.6) is 0 Å². The summed E-state index contributed by atoms with van der Waals surface area (Å²) in [5.41, 5.74) is 0.660. The topological polar surface area (TPSA) is 148 Å². The van der Waals surface area contributed by atoms with Crippen LogP contribution in [-0.4, -0.2) is 60.3 Å². The van der Waals surface area contributed by atoms with E-state index in [4.69, 9.17) is 4.74 Å². The Morgan fingerprint density at radius 2 is 1.98 bits per heavy atom. The Morgan fingerprint density at radius 1 is 1.20 bits per heavy atom. The maximum absolute atomic E-state index is 13.1. The van der Waals surface area contributed by atoms with Gasteiger partial charge in [0.2, 0.25) is 5.95 Å². The number of hydrogen-bond acceptors (Lipinski definition) is 10. The summed E-state index contributed by atoms with van der Waals surface area (Å²) >= 11 is 0. The average molecular weight is 571 g/mol. The largest absolute Gasteiger partial charge is 0.400 e.